The third-order valence-electron chi connectivity index (χ3n) is 4.81. The Hall–Kier alpha value is -1.95. The number of nitrogens with zero attached hydrogens (tertiary/aromatic N) is 3. The topological polar surface area (TPSA) is 80.0 Å². The molecule has 6 heteroatoms. The fourth-order valence-corrected chi connectivity index (χ4v) is 2.95. The highest BCUT2D eigenvalue weighted by molar-refractivity contribution is 6.05. The zero-order valence-corrected chi connectivity index (χ0v) is 15.5. The van der Waals surface area contributed by atoms with Crippen molar-refractivity contribution in [2.75, 3.05) is 6.54 Å². The summed E-state index contributed by atoms with van der Waals surface area (Å²) >= 11 is 0. The molecule has 0 spiro atoms. The third kappa shape index (κ3) is 3.84. The van der Waals surface area contributed by atoms with Gasteiger partial charge >= 0.3 is 0 Å². The summed E-state index contributed by atoms with van der Waals surface area (Å²) in [5.41, 5.74) is 2.41. The molecule has 0 saturated heterocycles. The lowest BCUT2D eigenvalue weighted by molar-refractivity contribution is 0.0921. The van der Waals surface area contributed by atoms with Gasteiger partial charge in [0, 0.05) is 24.2 Å². The number of aliphatic hydroxyl groups is 1. The third-order valence-corrected chi connectivity index (χ3v) is 4.81. The first kappa shape index (κ1) is 17.9. The Kier molecular flexibility index (Phi) is 5.08. The van der Waals surface area contributed by atoms with Crippen LogP contribution in [0.5, 0.6) is 0 Å². The second-order valence-corrected chi connectivity index (χ2v) is 7.65. The molecule has 2 heterocycles. The van der Waals surface area contributed by atoms with Crippen LogP contribution in [0.15, 0.2) is 12.3 Å². The molecule has 1 atom stereocenters. The van der Waals surface area contributed by atoms with Crippen molar-refractivity contribution in [3.05, 3.63) is 23.5 Å². The van der Waals surface area contributed by atoms with Gasteiger partial charge in [-0.05, 0) is 45.1 Å². The summed E-state index contributed by atoms with van der Waals surface area (Å²) < 4.78 is 1.88. The van der Waals surface area contributed by atoms with E-state index in [1.54, 1.807) is 6.20 Å². The van der Waals surface area contributed by atoms with E-state index in [0.717, 1.165) is 29.6 Å². The van der Waals surface area contributed by atoms with Crippen molar-refractivity contribution in [2.24, 2.45) is 5.92 Å². The lowest BCUT2D eigenvalue weighted by Gasteiger charge is -2.15. The van der Waals surface area contributed by atoms with Crippen LogP contribution in [-0.4, -0.2) is 38.4 Å². The Bertz CT molecular complexity index is 762. The normalized spacial score (nSPS) is 16.0. The summed E-state index contributed by atoms with van der Waals surface area (Å²) in [5.74, 6) is 0.540. The number of aromatic nitrogens is 3. The number of hydrogen-bond donors (Lipinski definition) is 2. The Morgan fingerprint density at radius 2 is 2.08 bits per heavy atom. The summed E-state index contributed by atoms with van der Waals surface area (Å²) in [7, 11) is 0. The first-order valence-corrected chi connectivity index (χ1v) is 9.23. The second kappa shape index (κ2) is 7.12. The number of rotatable bonds is 7. The lowest BCUT2D eigenvalue weighted by atomic mass is 10.0. The van der Waals surface area contributed by atoms with Gasteiger partial charge < -0.3 is 10.4 Å². The van der Waals surface area contributed by atoms with Crippen molar-refractivity contribution in [1.29, 1.82) is 0 Å². The van der Waals surface area contributed by atoms with Crippen LogP contribution in [0.25, 0.3) is 11.0 Å². The van der Waals surface area contributed by atoms with Crippen molar-refractivity contribution < 1.29 is 9.90 Å². The fraction of sp³-hybridized carbons (Fsp3) is 0.632. The van der Waals surface area contributed by atoms with E-state index in [4.69, 9.17) is 4.98 Å². The highest BCUT2D eigenvalue weighted by atomic mass is 16.3. The van der Waals surface area contributed by atoms with Gasteiger partial charge in [0.15, 0.2) is 5.65 Å². The predicted octanol–water partition coefficient (Wildman–Crippen LogP) is 3.03. The van der Waals surface area contributed by atoms with Crippen LogP contribution >= 0.6 is 0 Å². The molecule has 1 aliphatic carbocycles. The monoisotopic (exact) mass is 344 g/mol. The zero-order chi connectivity index (χ0) is 18.1. The van der Waals surface area contributed by atoms with Crippen LogP contribution in [0.4, 0.5) is 0 Å². The molecule has 1 amide bonds. The number of nitrogens with one attached hydrogen (secondary N) is 1. The van der Waals surface area contributed by atoms with E-state index in [2.05, 4.69) is 24.3 Å². The van der Waals surface area contributed by atoms with Crippen LogP contribution < -0.4 is 5.32 Å². The number of fused-ring (bicyclic) bond motifs is 1. The zero-order valence-electron chi connectivity index (χ0n) is 15.5. The molecule has 25 heavy (non-hydrogen) atoms. The SMILES string of the molecule is CC(C)C(O)CCNC(=O)c1cc(C2CC2)nc2c1cnn2C(C)C. The molecule has 1 aliphatic rings. The molecule has 0 aliphatic heterocycles. The van der Waals surface area contributed by atoms with Gasteiger partial charge in [-0.25, -0.2) is 9.67 Å². The quantitative estimate of drug-likeness (QED) is 0.809. The van der Waals surface area contributed by atoms with Crippen LogP contribution in [0.1, 0.15) is 75.0 Å². The van der Waals surface area contributed by atoms with E-state index in [1.807, 2.05) is 24.6 Å². The summed E-state index contributed by atoms with van der Waals surface area (Å²) in [5, 5.41) is 18.1. The maximum atomic E-state index is 12.7. The molecule has 3 rings (SSSR count). The molecule has 6 nitrogen and oxygen atoms in total. The van der Waals surface area contributed by atoms with Crippen molar-refractivity contribution in [2.45, 2.75) is 65.0 Å². The Labute approximate surface area is 148 Å². The van der Waals surface area contributed by atoms with Crippen LogP contribution in [-0.2, 0) is 0 Å². The van der Waals surface area contributed by atoms with E-state index < -0.39 is 6.10 Å². The number of pyridine rings is 1. The Balaban J connectivity index is 1.85. The second-order valence-electron chi connectivity index (χ2n) is 7.65. The van der Waals surface area contributed by atoms with Crippen molar-refractivity contribution in [1.82, 2.24) is 20.1 Å². The smallest absolute Gasteiger partial charge is 0.252 e. The molecule has 0 aromatic carbocycles. The molecular formula is C19H28N4O2. The molecule has 1 fully saturated rings. The average molecular weight is 344 g/mol. The summed E-state index contributed by atoms with van der Waals surface area (Å²) in [6.07, 6.45) is 4.16. The number of amides is 1. The number of carbonyl (C=O) groups is 1. The standard InChI is InChI=1S/C19H28N4O2/c1-11(2)17(24)7-8-20-19(25)14-9-16(13-5-6-13)22-18-15(14)10-21-23(18)12(3)4/h9-13,17,24H,5-8H2,1-4H3,(H,20,25). The van der Waals surface area contributed by atoms with Gasteiger partial charge in [-0.15, -0.1) is 0 Å². The van der Waals surface area contributed by atoms with Crippen molar-refractivity contribution >= 4 is 16.9 Å². The van der Waals surface area contributed by atoms with Gasteiger partial charge in [0.25, 0.3) is 5.91 Å². The molecular weight excluding hydrogens is 316 g/mol. The van der Waals surface area contributed by atoms with Crippen LogP contribution in [0, 0.1) is 5.92 Å². The van der Waals surface area contributed by atoms with Crippen molar-refractivity contribution in [3.8, 4) is 0 Å². The van der Waals surface area contributed by atoms with Gasteiger partial charge in [-0.2, -0.15) is 5.10 Å². The molecule has 1 unspecified atom stereocenters. The first-order chi connectivity index (χ1) is 11.9. The maximum absolute atomic E-state index is 12.7. The molecule has 2 N–H and O–H groups in total. The fourth-order valence-electron chi connectivity index (χ4n) is 2.95. The number of carbonyl (C=O) groups excluding carboxylic acids is 1. The predicted molar refractivity (Wildman–Crippen MR) is 97.7 cm³/mol. The highest BCUT2D eigenvalue weighted by Crippen LogP contribution is 2.40. The van der Waals surface area contributed by atoms with Crippen LogP contribution in [0.2, 0.25) is 0 Å². The van der Waals surface area contributed by atoms with E-state index in [9.17, 15) is 9.90 Å². The molecule has 0 bridgehead atoms. The maximum Gasteiger partial charge on any atom is 0.252 e. The molecule has 2 aromatic heterocycles. The van der Waals surface area contributed by atoms with E-state index in [0.29, 0.717) is 24.4 Å². The van der Waals surface area contributed by atoms with Gasteiger partial charge in [-0.1, -0.05) is 13.8 Å². The van der Waals surface area contributed by atoms with Gasteiger partial charge in [0.1, 0.15) is 0 Å². The summed E-state index contributed by atoms with van der Waals surface area (Å²) in [4.78, 5) is 17.5. The molecule has 0 radical (unpaired) electrons. The van der Waals surface area contributed by atoms with E-state index in [1.165, 1.54) is 0 Å². The largest absolute Gasteiger partial charge is 0.393 e. The molecule has 2 aromatic rings. The number of hydrogen-bond acceptors (Lipinski definition) is 4. The van der Waals surface area contributed by atoms with Gasteiger partial charge in [-0.3, -0.25) is 4.79 Å². The minimum atomic E-state index is -0.400. The lowest BCUT2D eigenvalue weighted by Crippen LogP contribution is -2.29. The first-order valence-electron chi connectivity index (χ1n) is 9.23. The van der Waals surface area contributed by atoms with E-state index >= 15 is 0 Å². The Morgan fingerprint density at radius 3 is 2.68 bits per heavy atom. The molecule has 136 valence electrons. The average Bonchev–Trinajstić information content (AvgIpc) is 3.32. The van der Waals surface area contributed by atoms with E-state index in [-0.39, 0.29) is 17.9 Å². The van der Waals surface area contributed by atoms with Gasteiger partial charge in [0.05, 0.1) is 23.3 Å². The van der Waals surface area contributed by atoms with Gasteiger partial charge in [0.2, 0.25) is 0 Å². The highest BCUT2D eigenvalue weighted by Gasteiger charge is 2.28. The summed E-state index contributed by atoms with van der Waals surface area (Å²) in [6.45, 7) is 8.53. The minimum absolute atomic E-state index is 0.117. The number of aliphatic hydroxyl groups excluding tert-OH is 1. The summed E-state index contributed by atoms with van der Waals surface area (Å²) in [6, 6.07) is 2.11. The molecule has 1 saturated carbocycles. The van der Waals surface area contributed by atoms with Crippen molar-refractivity contribution in [3.63, 3.8) is 0 Å². The Morgan fingerprint density at radius 1 is 1.36 bits per heavy atom. The van der Waals surface area contributed by atoms with Crippen LogP contribution in [0.3, 0.4) is 0 Å². The minimum Gasteiger partial charge on any atom is -0.393 e.